The molecule has 0 N–H and O–H groups in total. The van der Waals surface area contributed by atoms with Crippen LogP contribution in [0.1, 0.15) is 16.7 Å². The van der Waals surface area contributed by atoms with Crippen molar-refractivity contribution in [2.24, 2.45) is 0 Å². The Hall–Kier alpha value is -2.09. The molecule has 2 aromatic rings. The van der Waals surface area contributed by atoms with Gasteiger partial charge in [-0.2, -0.15) is 4.31 Å². The minimum Gasteiger partial charge on any atom is -0.454 e. The standard InChI is InChI=1S/C20H24N2O4S/c1-15-3-6-20(16(2)11-15)27(23,24)22-9-7-21(8-10-22)13-17-4-5-18-19(12-17)26-14-25-18/h3-6,11-12H,7-10,13-14H2,1-2H3. The van der Waals surface area contributed by atoms with E-state index in [1.165, 1.54) is 0 Å². The van der Waals surface area contributed by atoms with Gasteiger partial charge in [0.2, 0.25) is 16.8 Å². The van der Waals surface area contributed by atoms with E-state index in [1.54, 1.807) is 10.4 Å². The molecule has 0 amide bonds. The van der Waals surface area contributed by atoms with Crippen LogP contribution in [0.4, 0.5) is 0 Å². The summed E-state index contributed by atoms with van der Waals surface area (Å²) in [6.07, 6.45) is 0. The van der Waals surface area contributed by atoms with Crippen LogP contribution in [0.2, 0.25) is 0 Å². The highest BCUT2D eigenvalue weighted by atomic mass is 32.2. The van der Waals surface area contributed by atoms with E-state index in [4.69, 9.17) is 9.47 Å². The molecule has 6 nitrogen and oxygen atoms in total. The van der Waals surface area contributed by atoms with Gasteiger partial charge in [0.1, 0.15) is 0 Å². The maximum atomic E-state index is 13.0. The van der Waals surface area contributed by atoms with Crippen LogP contribution < -0.4 is 9.47 Å². The number of hydrogen-bond acceptors (Lipinski definition) is 5. The molecule has 1 saturated heterocycles. The van der Waals surface area contributed by atoms with Crippen LogP contribution in [0.25, 0.3) is 0 Å². The van der Waals surface area contributed by atoms with Gasteiger partial charge >= 0.3 is 0 Å². The molecule has 144 valence electrons. The predicted molar refractivity (Wildman–Crippen MR) is 103 cm³/mol. The van der Waals surface area contributed by atoms with E-state index in [1.807, 2.05) is 44.2 Å². The molecule has 0 aliphatic carbocycles. The van der Waals surface area contributed by atoms with E-state index in [0.29, 0.717) is 31.1 Å². The number of piperazine rings is 1. The zero-order valence-electron chi connectivity index (χ0n) is 15.6. The fraction of sp³-hybridized carbons (Fsp3) is 0.400. The third kappa shape index (κ3) is 3.67. The molecule has 2 aliphatic rings. The van der Waals surface area contributed by atoms with Crippen LogP contribution in [-0.4, -0.2) is 50.6 Å². The van der Waals surface area contributed by atoms with Crippen molar-refractivity contribution in [3.8, 4) is 11.5 Å². The number of sulfonamides is 1. The highest BCUT2D eigenvalue weighted by molar-refractivity contribution is 7.89. The number of ether oxygens (including phenoxy) is 2. The summed E-state index contributed by atoms with van der Waals surface area (Å²) in [7, 11) is -3.44. The number of hydrogen-bond donors (Lipinski definition) is 0. The van der Waals surface area contributed by atoms with Gasteiger partial charge in [0, 0.05) is 32.7 Å². The third-order valence-electron chi connectivity index (χ3n) is 5.12. The van der Waals surface area contributed by atoms with E-state index >= 15 is 0 Å². The van der Waals surface area contributed by atoms with E-state index in [9.17, 15) is 8.42 Å². The number of fused-ring (bicyclic) bond motifs is 1. The fourth-order valence-corrected chi connectivity index (χ4v) is 5.28. The second kappa shape index (κ2) is 7.14. The van der Waals surface area contributed by atoms with Crippen molar-refractivity contribution in [1.82, 2.24) is 9.21 Å². The molecule has 0 unspecified atom stereocenters. The van der Waals surface area contributed by atoms with Crippen molar-refractivity contribution in [2.45, 2.75) is 25.3 Å². The largest absolute Gasteiger partial charge is 0.454 e. The summed E-state index contributed by atoms with van der Waals surface area (Å²) in [6.45, 7) is 7.29. The van der Waals surface area contributed by atoms with Gasteiger partial charge in [0.15, 0.2) is 11.5 Å². The quantitative estimate of drug-likeness (QED) is 0.806. The maximum Gasteiger partial charge on any atom is 0.243 e. The normalized spacial score (nSPS) is 18.0. The summed E-state index contributed by atoms with van der Waals surface area (Å²) in [6, 6.07) is 11.5. The molecular formula is C20H24N2O4S. The fourth-order valence-electron chi connectivity index (χ4n) is 3.65. The van der Waals surface area contributed by atoms with Crippen molar-refractivity contribution < 1.29 is 17.9 Å². The van der Waals surface area contributed by atoms with Crippen molar-refractivity contribution >= 4 is 10.0 Å². The first-order valence-electron chi connectivity index (χ1n) is 9.12. The van der Waals surface area contributed by atoms with Gasteiger partial charge < -0.3 is 9.47 Å². The summed E-state index contributed by atoms with van der Waals surface area (Å²) in [4.78, 5) is 2.68. The summed E-state index contributed by atoms with van der Waals surface area (Å²) in [5.74, 6) is 1.56. The smallest absolute Gasteiger partial charge is 0.243 e. The van der Waals surface area contributed by atoms with Gasteiger partial charge in [-0.25, -0.2) is 8.42 Å². The summed E-state index contributed by atoms with van der Waals surface area (Å²) in [5, 5.41) is 0. The van der Waals surface area contributed by atoms with E-state index in [0.717, 1.165) is 34.7 Å². The van der Waals surface area contributed by atoms with Gasteiger partial charge in [0.05, 0.1) is 4.90 Å². The summed E-state index contributed by atoms with van der Waals surface area (Å²) < 4.78 is 38.4. The van der Waals surface area contributed by atoms with Crippen molar-refractivity contribution in [3.63, 3.8) is 0 Å². The molecule has 2 aromatic carbocycles. The van der Waals surface area contributed by atoms with Gasteiger partial charge in [-0.15, -0.1) is 0 Å². The van der Waals surface area contributed by atoms with Crippen LogP contribution in [-0.2, 0) is 16.6 Å². The Morgan fingerprint density at radius 2 is 1.67 bits per heavy atom. The van der Waals surface area contributed by atoms with Gasteiger partial charge in [-0.3, -0.25) is 4.90 Å². The average molecular weight is 388 g/mol. The second-order valence-electron chi connectivity index (χ2n) is 7.14. The van der Waals surface area contributed by atoms with Gasteiger partial charge in [0.25, 0.3) is 0 Å². The lowest BCUT2D eigenvalue weighted by atomic mass is 10.2. The summed E-state index contributed by atoms with van der Waals surface area (Å²) in [5.41, 5.74) is 3.02. The molecule has 2 aliphatic heterocycles. The number of aryl methyl sites for hydroxylation is 2. The maximum absolute atomic E-state index is 13.0. The first-order chi connectivity index (χ1) is 12.9. The molecule has 0 spiro atoms. The van der Waals surface area contributed by atoms with Crippen LogP contribution in [0.3, 0.4) is 0 Å². The van der Waals surface area contributed by atoms with Gasteiger partial charge in [-0.05, 0) is 43.2 Å². The molecule has 0 bridgehead atoms. The lowest BCUT2D eigenvalue weighted by molar-refractivity contribution is 0.173. The van der Waals surface area contributed by atoms with E-state index in [2.05, 4.69) is 4.90 Å². The molecule has 4 rings (SSSR count). The monoisotopic (exact) mass is 388 g/mol. The Labute approximate surface area is 160 Å². The molecular weight excluding hydrogens is 364 g/mol. The highest BCUT2D eigenvalue weighted by Crippen LogP contribution is 2.33. The van der Waals surface area contributed by atoms with Gasteiger partial charge in [-0.1, -0.05) is 23.8 Å². The van der Waals surface area contributed by atoms with Crippen LogP contribution in [0.15, 0.2) is 41.3 Å². The van der Waals surface area contributed by atoms with Crippen molar-refractivity contribution in [3.05, 3.63) is 53.1 Å². The Morgan fingerprint density at radius 3 is 2.41 bits per heavy atom. The van der Waals surface area contributed by atoms with Crippen LogP contribution in [0.5, 0.6) is 11.5 Å². The molecule has 0 atom stereocenters. The molecule has 0 saturated carbocycles. The average Bonchev–Trinajstić information content (AvgIpc) is 3.09. The molecule has 2 heterocycles. The SMILES string of the molecule is Cc1ccc(S(=O)(=O)N2CCN(Cc3ccc4c(c3)OCO4)CC2)c(C)c1. The van der Waals surface area contributed by atoms with E-state index < -0.39 is 10.0 Å². The Morgan fingerprint density at radius 1 is 0.926 bits per heavy atom. The second-order valence-corrected chi connectivity index (χ2v) is 9.04. The Kier molecular flexibility index (Phi) is 4.84. The molecule has 1 fully saturated rings. The lowest BCUT2D eigenvalue weighted by Gasteiger charge is -2.34. The highest BCUT2D eigenvalue weighted by Gasteiger charge is 2.29. The van der Waals surface area contributed by atoms with E-state index in [-0.39, 0.29) is 6.79 Å². The van der Waals surface area contributed by atoms with Crippen molar-refractivity contribution in [1.29, 1.82) is 0 Å². The van der Waals surface area contributed by atoms with Crippen LogP contribution >= 0.6 is 0 Å². The first kappa shape index (κ1) is 18.3. The zero-order chi connectivity index (χ0) is 19.0. The number of nitrogens with zero attached hydrogens (tertiary/aromatic N) is 2. The number of benzene rings is 2. The number of rotatable bonds is 4. The third-order valence-corrected chi connectivity index (χ3v) is 7.18. The first-order valence-corrected chi connectivity index (χ1v) is 10.6. The minimum absolute atomic E-state index is 0.272. The molecule has 0 radical (unpaired) electrons. The van der Waals surface area contributed by atoms with Crippen molar-refractivity contribution in [2.75, 3.05) is 33.0 Å². The topological polar surface area (TPSA) is 59.1 Å². The predicted octanol–water partition coefficient (Wildman–Crippen LogP) is 2.54. The molecule has 7 heteroatoms. The Balaban J connectivity index is 1.41. The summed E-state index contributed by atoms with van der Waals surface area (Å²) >= 11 is 0. The van der Waals surface area contributed by atoms with Crippen LogP contribution in [0, 0.1) is 13.8 Å². The zero-order valence-corrected chi connectivity index (χ0v) is 16.5. The lowest BCUT2D eigenvalue weighted by Crippen LogP contribution is -2.48. The molecule has 0 aromatic heterocycles. The molecule has 27 heavy (non-hydrogen) atoms. The Bertz CT molecular complexity index is 950. The minimum atomic E-state index is -3.44.